The summed E-state index contributed by atoms with van der Waals surface area (Å²) in [6.45, 7) is 1.27. The smallest absolute Gasteiger partial charge is 0.261 e. The van der Waals surface area contributed by atoms with Gasteiger partial charge in [0.2, 0.25) is 5.91 Å². The molecule has 0 saturated carbocycles. The van der Waals surface area contributed by atoms with Crippen LogP contribution >= 0.6 is 11.6 Å². The molecule has 2 amide bonds. The fraction of sp³-hybridized carbons (Fsp3) is 0.263. The fourth-order valence-electron chi connectivity index (χ4n) is 2.36. The van der Waals surface area contributed by atoms with Crippen LogP contribution in [0.5, 0.6) is 5.75 Å². The fourth-order valence-corrected chi connectivity index (χ4v) is 2.49. The third-order valence-electron chi connectivity index (χ3n) is 3.89. The molecule has 0 saturated heterocycles. The van der Waals surface area contributed by atoms with Crippen LogP contribution in [0.15, 0.2) is 48.5 Å². The normalized spacial score (nSPS) is 11.5. The number of nitrogens with zero attached hydrogens (tertiary/aromatic N) is 1. The molecule has 0 unspecified atom stereocenters. The number of benzene rings is 2. The number of likely N-dealkylation sites (N-methyl/N-ethyl adjacent to an activating group) is 1. The Bertz CT molecular complexity index is 768. The molecule has 5 nitrogen and oxygen atoms in total. The van der Waals surface area contributed by atoms with Crippen LogP contribution in [0, 0.1) is 5.82 Å². The van der Waals surface area contributed by atoms with E-state index >= 15 is 0 Å². The first-order valence-electron chi connectivity index (χ1n) is 8.05. The van der Waals surface area contributed by atoms with Crippen molar-refractivity contribution in [3.8, 4) is 5.75 Å². The molecule has 7 heteroatoms. The summed E-state index contributed by atoms with van der Waals surface area (Å²) < 4.78 is 19.4. The molecule has 26 heavy (non-hydrogen) atoms. The monoisotopic (exact) mass is 378 g/mol. The number of rotatable bonds is 7. The summed E-state index contributed by atoms with van der Waals surface area (Å²) in [5, 5.41) is 3.05. The minimum absolute atomic E-state index is 0.0376. The molecular weight excluding hydrogens is 359 g/mol. The maximum absolute atomic E-state index is 14.0. The highest BCUT2D eigenvalue weighted by atomic mass is 35.5. The third kappa shape index (κ3) is 5.20. The molecule has 0 radical (unpaired) electrons. The van der Waals surface area contributed by atoms with Gasteiger partial charge in [-0.15, -0.1) is 0 Å². The number of carbonyl (C=O) groups is 2. The number of halogens is 2. The second-order valence-electron chi connectivity index (χ2n) is 5.65. The summed E-state index contributed by atoms with van der Waals surface area (Å²) in [5.41, 5.74) is 0.322. The molecule has 0 aromatic heterocycles. The molecule has 2 rings (SSSR count). The molecule has 0 aliphatic heterocycles. The molecule has 0 heterocycles. The van der Waals surface area contributed by atoms with E-state index in [0.717, 1.165) is 0 Å². The average molecular weight is 379 g/mol. The van der Waals surface area contributed by atoms with Gasteiger partial charge < -0.3 is 15.0 Å². The molecule has 2 aromatic carbocycles. The Labute approximate surface area is 156 Å². The van der Waals surface area contributed by atoms with Crippen LogP contribution in [0.3, 0.4) is 0 Å². The predicted molar refractivity (Wildman–Crippen MR) is 97.4 cm³/mol. The number of ether oxygens (including phenoxy) is 1. The van der Waals surface area contributed by atoms with Crippen LogP contribution in [-0.4, -0.2) is 36.4 Å². The van der Waals surface area contributed by atoms with Gasteiger partial charge in [0.1, 0.15) is 17.6 Å². The van der Waals surface area contributed by atoms with E-state index < -0.39 is 17.8 Å². The van der Waals surface area contributed by atoms with Crippen LogP contribution < -0.4 is 10.1 Å². The molecule has 0 aliphatic carbocycles. The highest BCUT2D eigenvalue weighted by Gasteiger charge is 2.26. The number of carbonyl (C=O) groups excluding carboxylic acids is 2. The van der Waals surface area contributed by atoms with Crippen LogP contribution in [0.2, 0.25) is 5.02 Å². The molecule has 1 N–H and O–H groups in total. The van der Waals surface area contributed by atoms with Crippen molar-refractivity contribution in [1.29, 1.82) is 0 Å². The lowest BCUT2D eigenvalue weighted by Crippen LogP contribution is -2.48. The van der Waals surface area contributed by atoms with Gasteiger partial charge in [-0.3, -0.25) is 9.59 Å². The largest absolute Gasteiger partial charge is 0.484 e. The van der Waals surface area contributed by atoms with E-state index in [1.165, 1.54) is 18.0 Å². The summed E-state index contributed by atoms with van der Waals surface area (Å²) >= 11 is 5.81. The van der Waals surface area contributed by atoms with Gasteiger partial charge in [0.25, 0.3) is 5.91 Å². The number of nitrogens with one attached hydrogen (secondary N) is 1. The van der Waals surface area contributed by atoms with E-state index in [9.17, 15) is 14.0 Å². The van der Waals surface area contributed by atoms with Gasteiger partial charge in [-0.2, -0.15) is 0 Å². The van der Waals surface area contributed by atoms with Gasteiger partial charge in [0.15, 0.2) is 6.61 Å². The van der Waals surface area contributed by atoms with Crippen molar-refractivity contribution in [2.45, 2.75) is 19.5 Å². The van der Waals surface area contributed by atoms with Gasteiger partial charge in [0, 0.05) is 24.2 Å². The Hall–Kier alpha value is -2.60. The summed E-state index contributed by atoms with van der Waals surface area (Å²) in [5.74, 6) is -0.741. The topological polar surface area (TPSA) is 58.6 Å². The van der Waals surface area contributed by atoms with E-state index in [1.54, 1.807) is 49.4 Å². The first kappa shape index (κ1) is 19.7. The summed E-state index contributed by atoms with van der Waals surface area (Å²) in [6, 6.07) is 11.9. The molecule has 1 atom stereocenters. The van der Waals surface area contributed by atoms with Crippen molar-refractivity contribution < 1.29 is 18.7 Å². The summed E-state index contributed by atoms with van der Waals surface area (Å²) in [4.78, 5) is 25.9. The Morgan fingerprint density at radius 3 is 2.46 bits per heavy atom. The van der Waals surface area contributed by atoms with Gasteiger partial charge in [-0.25, -0.2) is 4.39 Å². The molecule has 2 aromatic rings. The zero-order valence-electron chi connectivity index (χ0n) is 14.5. The Morgan fingerprint density at radius 1 is 1.19 bits per heavy atom. The molecule has 138 valence electrons. The zero-order valence-corrected chi connectivity index (χ0v) is 15.3. The highest BCUT2D eigenvalue weighted by molar-refractivity contribution is 6.30. The van der Waals surface area contributed by atoms with Crippen LogP contribution in [0.1, 0.15) is 12.5 Å². The minimum atomic E-state index is -0.777. The van der Waals surface area contributed by atoms with Crippen molar-refractivity contribution in [2.75, 3.05) is 13.7 Å². The van der Waals surface area contributed by atoms with E-state index in [1.807, 2.05) is 0 Å². The van der Waals surface area contributed by atoms with Crippen molar-refractivity contribution >= 4 is 23.4 Å². The SMILES string of the molecule is CNC(=O)[C@H](C)N(Cc1ccccc1F)C(=O)COc1ccc(Cl)cc1. The average Bonchev–Trinajstić information content (AvgIpc) is 2.65. The Balaban J connectivity index is 2.13. The summed E-state index contributed by atoms with van der Waals surface area (Å²) in [6.07, 6.45) is 0. The quantitative estimate of drug-likeness (QED) is 0.805. The standard InChI is InChI=1S/C19H20ClFN2O3/c1-13(19(25)22-2)23(11-14-5-3-4-6-17(14)21)18(24)12-26-16-9-7-15(20)8-10-16/h3-10,13H,11-12H2,1-2H3,(H,22,25)/t13-/m0/s1. The van der Waals surface area contributed by atoms with Crippen molar-refractivity contribution in [2.24, 2.45) is 0 Å². The maximum Gasteiger partial charge on any atom is 0.261 e. The minimum Gasteiger partial charge on any atom is -0.484 e. The van der Waals surface area contributed by atoms with E-state index in [-0.39, 0.29) is 19.1 Å². The van der Waals surface area contributed by atoms with Crippen LogP contribution in [-0.2, 0) is 16.1 Å². The number of hydrogen-bond donors (Lipinski definition) is 1. The predicted octanol–water partition coefficient (Wildman–Crippen LogP) is 3.02. The first-order valence-corrected chi connectivity index (χ1v) is 8.43. The lowest BCUT2D eigenvalue weighted by atomic mass is 10.1. The van der Waals surface area contributed by atoms with Gasteiger partial charge in [-0.1, -0.05) is 29.8 Å². The van der Waals surface area contributed by atoms with Crippen molar-refractivity contribution in [3.05, 3.63) is 64.9 Å². The number of hydrogen-bond acceptors (Lipinski definition) is 3. The van der Waals surface area contributed by atoms with E-state index in [2.05, 4.69) is 5.32 Å². The van der Waals surface area contributed by atoms with Gasteiger partial charge in [0.05, 0.1) is 0 Å². The zero-order chi connectivity index (χ0) is 19.1. The molecule has 0 spiro atoms. The first-order chi connectivity index (χ1) is 12.4. The van der Waals surface area contributed by atoms with Crippen molar-refractivity contribution in [3.63, 3.8) is 0 Å². The Kier molecular flexibility index (Phi) is 6.97. The number of amides is 2. The van der Waals surface area contributed by atoms with Crippen LogP contribution in [0.25, 0.3) is 0 Å². The Morgan fingerprint density at radius 2 is 1.85 bits per heavy atom. The molecule has 0 fully saturated rings. The lowest BCUT2D eigenvalue weighted by molar-refractivity contribution is -0.142. The third-order valence-corrected chi connectivity index (χ3v) is 4.14. The van der Waals surface area contributed by atoms with E-state index in [4.69, 9.17) is 16.3 Å². The van der Waals surface area contributed by atoms with E-state index in [0.29, 0.717) is 16.3 Å². The molecule has 0 bridgehead atoms. The molecule has 0 aliphatic rings. The second kappa shape index (κ2) is 9.20. The maximum atomic E-state index is 14.0. The second-order valence-corrected chi connectivity index (χ2v) is 6.08. The van der Waals surface area contributed by atoms with Gasteiger partial charge in [-0.05, 0) is 37.3 Å². The highest BCUT2D eigenvalue weighted by Crippen LogP contribution is 2.17. The lowest BCUT2D eigenvalue weighted by Gasteiger charge is -2.28. The van der Waals surface area contributed by atoms with Gasteiger partial charge >= 0.3 is 0 Å². The van der Waals surface area contributed by atoms with Crippen molar-refractivity contribution in [1.82, 2.24) is 10.2 Å². The summed E-state index contributed by atoms with van der Waals surface area (Å²) in [7, 11) is 1.48. The molecular formula is C19H20ClFN2O3. The van der Waals surface area contributed by atoms with Crippen LogP contribution in [0.4, 0.5) is 4.39 Å².